The first kappa shape index (κ1) is 19.7. The van der Waals surface area contributed by atoms with E-state index in [0.717, 1.165) is 5.56 Å². The first-order valence-corrected chi connectivity index (χ1v) is 8.74. The molecule has 0 aromatic heterocycles. The van der Waals surface area contributed by atoms with E-state index in [-0.39, 0.29) is 30.4 Å². The Morgan fingerprint density at radius 2 is 1.38 bits per heavy atom. The summed E-state index contributed by atoms with van der Waals surface area (Å²) in [5.74, 6) is -0.507. The Kier molecular flexibility index (Phi) is 7.36. The lowest BCUT2D eigenvalue weighted by Crippen LogP contribution is -2.34. The Hall–Kier alpha value is -2.66. The van der Waals surface area contributed by atoms with Crippen LogP contribution in [0.1, 0.15) is 39.1 Å². The molecule has 0 saturated carbocycles. The maximum atomic E-state index is 12.0. The van der Waals surface area contributed by atoms with E-state index < -0.39 is 0 Å². The number of Topliss-reactive ketones (excluding diaryl/α,β-unsaturated/α-hetero) is 1. The molecule has 2 aromatic rings. The van der Waals surface area contributed by atoms with Crippen LogP contribution in [-0.4, -0.2) is 30.7 Å². The van der Waals surface area contributed by atoms with Crippen molar-refractivity contribution in [2.24, 2.45) is 0 Å². The summed E-state index contributed by atoms with van der Waals surface area (Å²) in [6.45, 7) is 2.56. The molecular formula is C20H21ClN2O3. The second kappa shape index (κ2) is 9.73. The number of ketones is 1. The molecule has 0 bridgehead atoms. The number of hydrogen-bond acceptors (Lipinski definition) is 3. The molecule has 0 radical (unpaired) electrons. The molecule has 2 amide bonds. The summed E-state index contributed by atoms with van der Waals surface area (Å²) in [5.41, 5.74) is 2.20. The molecule has 0 aliphatic rings. The van der Waals surface area contributed by atoms with Crippen molar-refractivity contribution in [1.82, 2.24) is 10.6 Å². The van der Waals surface area contributed by atoms with Crippen LogP contribution in [0.25, 0.3) is 0 Å². The predicted octanol–water partition coefficient (Wildman–Crippen LogP) is 3.16. The summed E-state index contributed by atoms with van der Waals surface area (Å²) in [5, 5.41) is 5.96. The largest absolute Gasteiger partial charge is 0.354 e. The molecule has 0 atom stereocenters. The molecule has 0 saturated heterocycles. The van der Waals surface area contributed by atoms with Gasteiger partial charge in [-0.2, -0.15) is 0 Å². The number of amides is 2. The lowest BCUT2D eigenvalue weighted by molar-refractivity contribution is -0.121. The standard InChI is InChI=1S/C20H21ClN2O3/c1-14-2-4-15(5-3-14)18(24)10-11-19(25)22-12-13-23-20(26)16-6-8-17(21)9-7-16/h2-9H,10-13H2,1H3,(H,22,25)(H,23,26). The van der Waals surface area contributed by atoms with Crippen molar-refractivity contribution in [1.29, 1.82) is 0 Å². The molecular weight excluding hydrogens is 352 g/mol. The highest BCUT2D eigenvalue weighted by molar-refractivity contribution is 6.30. The van der Waals surface area contributed by atoms with Crippen LogP contribution < -0.4 is 10.6 Å². The highest BCUT2D eigenvalue weighted by Gasteiger charge is 2.09. The van der Waals surface area contributed by atoms with Gasteiger partial charge in [-0.15, -0.1) is 0 Å². The highest BCUT2D eigenvalue weighted by Crippen LogP contribution is 2.09. The Morgan fingerprint density at radius 1 is 0.808 bits per heavy atom. The van der Waals surface area contributed by atoms with E-state index in [1.54, 1.807) is 36.4 Å². The molecule has 0 unspecified atom stereocenters. The van der Waals surface area contributed by atoms with Crippen LogP contribution in [0.4, 0.5) is 0 Å². The van der Waals surface area contributed by atoms with E-state index in [9.17, 15) is 14.4 Å². The van der Waals surface area contributed by atoms with E-state index in [2.05, 4.69) is 10.6 Å². The SMILES string of the molecule is Cc1ccc(C(=O)CCC(=O)NCCNC(=O)c2ccc(Cl)cc2)cc1. The smallest absolute Gasteiger partial charge is 0.251 e. The van der Waals surface area contributed by atoms with Gasteiger partial charge in [0.1, 0.15) is 0 Å². The van der Waals surface area contributed by atoms with Crippen molar-refractivity contribution in [2.45, 2.75) is 19.8 Å². The van der Waals surface area contributed by atoms with Gasteiger partial charge in [0.2, 0.25) is 5.91 Å². The fourth-order valence-corrected chi connectivity index (χ4v) is 2.41. The third-order valence-electron chi connectivity index (χ3n) is 3.79. The average Bonchev–Trinajstić information content (AvgIpc) is 2.64. The quantitative estimate of drug-likeness (QED) is 0.552. The second-order valence-corrected chi connectivity index (χ2v) is 6.34. The van der Waals surface area contributed by atoms with E-state index in [4.69, 9.17) is 11.6 Å². The fraction of sp³-hybridized carbons (Fsp3) is 0.250. The van der Waals surface area contributed by atoms with Crippen LogP contribution in [-0.2, 0) is 4.79 Å². The van der Waals surface area contributed by atoms with Crippen molar-refractivity contribution in [2.75, 3.05) is 13.1 Å². The van der Waals surface area contributed by atoms with Crippen molar-refractivity contribution in [3.63, 3.8) is 0 Å². The van der Waals surface area contributed by atoms with E-state index in [1.807, 2.05) is 19.1 Å². The summed E-state index contributed by atoms with van der Waals surface area (Å²) in [7, 11) is 0. The van der Waals surface area contributed by atoms with Crippen LogP contribution in [0.2, 0.25) is 5.02 Å². The van der Waals surface area contributed by atoms with E-state index >= 15 is 0 Å². The lowest BCUT2D eigenvalue weighted by Gasteiger charge is -2.07. The highest BCUT2D eigenvalue weighted by atomic mass is 35.5. The second-order valence-electron chi connectivity index (χ2n) is 5.90. The number of rotatable bonds is 8. The Morgan fingerprint density at radius 3 is 2.04 bits per heavy atom. The van der Waals surface area contributed by atoms with Gasteiger partial charge in [0.05, 0.1) is 0 Å². The first-order valence-electron chi connectivity index (χ1n) is 8.36. The molecule has 0 fully saturated rings. The fourth-order valence-electron chi connectivity index (χ4n) is 2.28. The van der Waals surface area contributed by atoms with Gasteiger partial charge in [0.15, 0.2) is 5.78 Å². The van der Waals surface area contributed by atoms with Crippen molar-refractivity contribution >= 4 is 29.2 Å². The Bertz CT molecular complexity index is 771. The molecule has 0 heterocycles. The first-order chi connectivity index (χ1) is 12.5. The molecule has 2 rings (SSSR count). The number of halogens is 1. The molecule has 5 nitrogen and oxygen atoms in total. The normalized spacial score (nSPS) is 10.2. The van der Waals surface area contributed by atoms with Gasteiger partial charge in [0, 0.05) is 42.1 Å². The third kappa shape index (κ3) is 6.33. The zero-order valence-corrected chi connectivity index (χ0v) is 15.3. The molecule has 0 spiro atoms. The van der Waals surface area contributed by atoms with E-state index in [1.165, 1.54) is 0 Å². The van der Waals surface area contributed by atoms with Crippen molar-refractivity contribution in [3.8, 4) is 0 Å². The lowest BCUT2D eigenvalue weighted by atomic mass is 10.1. The molecule has 136 valence electrons. The van der Waals surface area contributed by atoms with Gasteiger partial charge >= 0.3 is 0 Å². The summed E-state index contributed by atoms with van der Waals surface area (Å²) >= 11 is 5.77. The molecule has 2 aromatic carbocycles. The average molecular weight is 373 g/mol. The summed E-state index contributed by atoms with van der Waals surface area (Å²) in [6.07, 6.45) is 0.282. The number of hydrogen-bond donors (Lipinski definition) is 2. The number of aryl methyl sites for hydroxylation is 1. The third-order valence-corrected chi connectivity index (χ3v) is 4.04. The molecule has 26 heavy (non-hydrogen) atoms. The molecule has 0 aliphatic heterocycles. The predicted molar refractivity (Wildman–Crippen MR) is 102 cm³/mol. The van der Waals surface area contributed by atoms with Crippen LogP contribution >= 0.6 is 11.6 Å². The van der Waals surface area contributed by atoms with Crippen LogP contribution in [0.3, 0.4) is 0 Å². The van der Waals surface area contributed by atoms with Gasteiger partial charge < -0.3 is 10.6 Å². The van der Waals surface area contributed by atoms with E-state index in [0.29, 0.717) is 29.2 Å². The minimum atomic E-state index is -0.231. The molecule has 6 heteroatoms. The minimum absolute atomic E-state index is 0.0591. The monoisotopic (exact) mass is 372 g/mol. The minimum Gasteiger partial charge on any atom is -0.354 e. The van der Waals surface area contributed by atoms with Crippen LogP contribution in [0.5, 0.6) is 0 Å². The zero-order valence-electron chi connectivity index (χ0n) is 14.5. The van der Waals surface area contributed by atoms with Gasteiger partial charge in [-0.25, -0.2) is 0 Å². The topological polar surface area (TPSA) is 75.3 Å². The Labute approximate surface area is 157 Å². The number of nitrogens with one attached hydrogen (secondary N) is 2. The van der Waals surface area contributed by atoms with Crippen LogP contribution in [0, 0.1) is 6.92 Å². The number of carbonyl (C=O) groups excluding carboxylic acids is 3. The van der Waals surface area contributed by atoms with Gasteiger partial charge in [-0.3, -0.25) is 14.4 Å². The van der Waals surface area contributed by atoms with Crippen molar-refractivity contribution in [3.05, 3.63) is 70.2 Å². The summed E-state index contributed by atoms with van der Waals surface area (Å²) in [6, 6.07) is 13.8. The number of carbonyl (C=O) groups is 3. The Balaban J connectivity index is 1.64. The maximum absolute atomic E-state index is 12.0. The van der Waals surface area contributed by atoms with Gasteiger partial charge in [-0.1, -0.05) is 41.4 Å². The van der Waals surface area contributed by atoms with Crippen LogP contribution in [0.15, 0.2) is 48.5 Å². The van der Waals surface area contributed by atoms with Gasteiger partial charge in [-0.05, 0) is 31.2 Å². The summed E-state index contributed by atoms with van der Waals surface area (Å²) in [4.78, 5) is 35.7. The zero-order chi connectivity index (χ0) is 18.9. The molecule has 0 aliphatic carbocycles. The molecule has 2 N–H and O–H groups in total. The maximum Gasteiger partial charge on any atom is 0.251 e. The van der Waals surface area contributed by atoms with Crippen molar-refractivity contribution < 1.29 is 14.4 Å². The number of benzene rings is 2. The summed E-state index contributed by atoms with van der Waals surface area (Å²) < 4.78 is 0. The van der Waals surface area contributed by atoms with Gasteiger partial charge in [0.25, 0.3) is 5.91 Å².